The predicted octanol–water partition coefficient (Wildman–Crippen LogP) is 4.72. The smallest absolute Gasteiger partial charge is 0.233 e. The van der Waals surface area contributed by atoms with Crippen molar-refractivity contribution in [3.8, 4) is 5.75 Å². The van der Waals surface area contributed by atoms with E-state index in [1.165, 1.54) is 22.9 Å². The number of thioether (sulfide) groups is 1. The minimum absolute atomic E-state index is 0.0423. The Morgan fingerprint density at radius 3 is 2.66 bits per heavy atom. The first-order valence-electron chi connectivity index (χ1n) is 10.5. The van der Waals surface area contributed by atoms with Crippen molar-refractivity contribution in [3.05, 3.63) is 83.2 Å². The lowest BCUT2D eigenvalue weighted by Gasteiger charge is -2.18. The van der Waals surface area contributed by atoms with Crippen LogP contribution in [0.1, 0.15) is 28.1 Å². The van der Waals surface area contributed by atoms with Gasteiger partial charge in [0, 0.05) is 20.1 Å². The van der Waals surface area contributed by atoms with Crippen molar-refractivity contribution in [2.45, 2.75) is 45.6 Å². The summed E-state index contributed by atoms with van der Waals surface area (Å²) < 4.78 is 7.82. The van der Waals surface area contributed by atoms with Gasteiger partial charge in [0.05, 0.1) is 5.75 Å². The Morgan fingerprint density at radius 1 is 1.16 bits per heavy atom. The van der Waals surface area contributed by atoms with Gasteiger partial charge in [0.2, 0.25) is 5.91 Å². The Bertz CT molecular complexity index is 1090. The van der Waals surface area contributed by atoms with Gasteiger partial charge < -0.3 is 9.64 Å². The molecule has 32 heavy (non-hydrogen) atoms. The molecule has 0 bridgehead atoms. The first kappa shape index (κ1) is 23.6. The van der Waals surface area contributed by atoms with Crippen LogP contribution in [-0.4, -0.2) is 38.4 Å². The summed E-state index contributed by atoms with van der Waals surface area (Å²) >= 11 is 1.38. The Hall–Kier alpha value is -3.06. The van der Waals surface area contributed by atoms with Gasteiger partial charge in [-0.25, -0.2) is 0 Å². The van der Waals surface area contributed by atoms with Gasteiger partial charge in [0.15, 0.2) is 11.0 Å². The standard InChI is InChI=1S/C25H30N4O2S/c1-6-12-29-23(16-31-22-9-7-8-18(2)14-22)26-27-25(29)32-17-24(30)28(5)15-21-11-10-19(3)13-20(21)4/h6-11,13-14H,1,12,15-17H2,2-5H3. The highest BCUT2D eigenvalue weighted by atomic mass is 32.2. The maximum atomic E-state index is 12.7. The van der Waals surface area contributed by atoms with E-state index in [0.29, 0.717) is 30.7 Å². The van der Waals surface area contributed by atoms with Crippen LogP contribution in [0, 0.1) is 20.8 Å². The van der Waals surface area contributed by atoms with Crippen molar-refractivity contribution in [2.75, 3.05) is 12.8 Å². The molecule has 0 fully saturated rings. The zero-order valence-electron chi connectivity index (χ0n) is 19.2. The molecule has 0 spiro atoms. The maximum absolute atomic E-state index is 12.7. The van der Waals surface area contributed by atoms with Crippen LogP contribution in [0.25, 0.3) is 0 Å². The van der Waals surface area contributed by atoms with Crippen molar-refractivity contribution >= 4 is 17.7 Å². The van der Waals surface area contributed by atoms with E-state index in [0.717, 1.165) is 16.9 Å². The number of rotatable bonds is 10. The lowest BCUT2D eigenvalue weighted by Crippen LogP contribution is -2.28. The zero-order valence-corrected chi connectivity index (χ0v) is 20.0. The molecule has 0 radical (unpaired) electrons. The van der Waals surface area contributed by atoms with Crippen LogP contribution in [0.3, 0.4) is 0 Å². The van der Waals surface area contributed by atoms with E-state index in [-0.39, 0.29) is 11.7 Å². The van der Waals surface area contributed by atoms with Gasteiger partial charge in [-0.3, -0.25) is 9.36 Å². The van der Waals surface area contributed by atoms with E-state index in [2.05, 4.69) is 48.8 Å². The van der Waals surface area contributed by atoms with Gasteiger partial charge >= 0.3 is 0 Å². The third kappa shape index (κ3) is 6.23. The molecule has 3 aromatic rings. The van der Waals surface area contributed by atoms with Crippen LogP contribution in [0.4, 0.5) is 0 Å². The molecule has 168 valence electrons. The summed E-state index contributed by atoms with van der Waals surface area (Å²) in [6.45, 7) is 11.4. The maximum Gasteiger partial charge on any atom is 0.233 e. The summed E-state index contributed by atoms with van der Waals surface area (Å²) in [5.41, 5.74) is 4.71. The summed E-state index contributed by atoms with van der Waals surface area (Å²) in [6.07, 6.45) is 1.79. The van der Waals surface area contributed by atoms with E-state index < -0.39 is 0 Å². The van der Waals surface area contributed by atoms with Crippen molar-refractivity contribution in [1.29, 1.82) is 0 Å². The molecule has 0 N–H and O–H groups in total. The predicted molar refractivity (Wildman–Crippen MR) is 129 cm³/mol. The van der Waals surface area contributed by atoms with Crippen LogP contribution >= 0.6 is 11.8 Å². The van der Waals surface area contributed by atoms with Crippen LogP contribution in [-0.2, 0) is 24.5 Å². The summed E-state index contributed by atoms with van der Waals surface area (Å²) in [7, 11) is 1.83. The van der Waals surface area contributed by atoms with E-state index in [9.17, 15) is 4.79 Å². The van der Waals surface area contributed by atoms with Gasteiger partial charge in [-0.05, 0) is 49.6 Å². The summed E-state index contributed by atoms with van der Waals surface area (Å²) in [5, 5.41) is 9.24. The van der Waals surface area contributed by atoms with Gasteiger partial charge in [-0.2, -0.15) is 0 Å². The van der Waals surface area contributed by atoms with Crippen LogP contribution in [0.5, 0.6) is 5.75 Å². The van der Waals surface area contributed by atoms with E-state index in [1.54, 1.807) is 11.0 Å². The molecule has 0 saturated carbocycles. The molecule has 2 aromatic carbocycles. The van der Waals surface area contributed by atoms with Crippen LogP contribution in [0.2, 0.25) is 0 Å². The molecule has 0 atom stereocenters. The number of amides is 1. The van der Waals surface area contributed by atoms with Crippen molar-refractivity contribution in [2.24, 2.45) is 0 Å². The lowest BCUT2D eigenvalue weighted by molar-refractivity contribution is -0.127. The number of allylic oxidation sites excluding steroid dienone is 1. The first-order valence-corrected chi connectivity index (χ1v) is 11.5. The largest absolute Gasteiger partial charge is 0.486 e. The second kappa shape index (κ2) is 11.0. The fraction of sp³-hybridized carbons (Fsp3) is 0.320. The highest BCUT2D eigenvalue weighted by molar-refractivity contribution is 7.99. The van der Waals surface area contributed by atoms with Crippen LogP contribution < -0.4 is 4.74 Å². The molecule has 0 saturated heterocycles. The number of carbonyl (C=O) groups excluding carboxylic acids is 1. The molecular weight excluding hydrogens is 420 g/mol. The summed E-state index contributed by atoms with van der Waals surface area (Å²) in [5.74, 6) is 1.82. The van der Waals surface area contributed by atoms with E-state index in [1.807, 2.05) is 42.8 Å². The summed E-state index contributed by atoms with van der Waals surface area (Å²) in [6, 6.07) is 14.2. The SMILES string of the molecule is C=CCn1c(COc2cccc(C)c2)nnc1SCC(=O)N(C)Cc1ccc(C)cc1C. The molecule has 7 heteroatoms. The van der Waals surface area contributed by atoms with E-state index in [4.69, 9.17) is 4.74 Å². The monoisotopic (exact) mass is 450 g/mol. The molecular formula is C25H30N4O2S. The second-order valence-corrected chi connectivity index (χ2v) is 8.81. The molecule has 0 aliphatic carbocycles. The number of aryl methyl sites for hydroxylation is 3. The first-order chi connectivity index (χ1) is 15.4. The molecule has 1 heterocycles. The fourth-order valence-electron chi connectivity index (χ4n) is 3.30. The highest BCUT2D eigenvalue weighted by Crippen LogP contribution is 2.20. The highest BCUT2D eigenvalue weighted by Gasteiger charge is 2.16. The number of ether oxygens (including phenoxy) is 1. The normalized spacial score (nSPS) is 10.8. The molecule has 0 aliphatic rings. The topological polar surface area (TPSA) is 60.2 Å². The molecule has 6 nitrogen and oxygen atoms in total. The van der Waals surface area contributed by atoms with Crippen molar-refractivity contribution in [1.82, 2.24) is 19.7 Å². The number of hydrogen-bond acceptors (Lipinski definition) is 5. The number of aromatic nitrogens is 3. The Kier molecular flexibility index (Phi) is 8.11. The molecule has 3 rings (SSSR count). The molecule has 0 aliphatic heterocycles. The van der Waals surface area contributed by atoms with Crippen molar-refractivity contribution in [3.63, 3.8) is 0 Å². The Labute approximate surface area is 194 Å². The quantitative estimate of drug-likeness (QED) is 0.330. The third-order valence-corrected chi connectivity index (χ3v) is 6.07. The number of benzene rings is 2. The third-order valence-electron chi connectivity index (χ3n) is 5.12. The number of nitrogens with zero attached hydrogens (tertiary/aromatic N) is 4. The van der Waals surface area contributed by atoms with E-state index >= 15 is 0 Å². The molecule has 1 aromatic heterocycles. The van der Waals surface area contributed by atoms with Gasteiger partial charge in [0.25, 0.3) is 0 Å². The molecule has 1 amide bonds. The number of hydrogen-bond donors (Lipinski definition) is 0. The average molecular weight is 451 g/mol. The van der Waals surface area contributed by atoms with Crippen LogP contribution in [0.15, 0.2) is 60.3 Å². The minimum Gasteiger partial charge on any atom is -0.486 e. The lowest BCUT2D eigenvalue weighted by atomic mass is 10.1. The Morgan fingerprint density at radius 2 is 1.94 bits per heavy atom. The second-order valence-electron chi connectivity index (χ2n) is 7.87. The minimum atomic E-state index is 0.0423. The Balaban J connectivity index is 1.61. The average Bonchev–Trinajstić information content (AvgIpc) is 3.14. The van der Waals surface area contributed by atoms with Crippen molar-refractivity contribution < 1.29 is 9.53 Å². The molecule has 0 unspecified atom stereocenters. The fourth-order valence-corrected chi connectivity index (χ4v) is 4.21. The number of carbonyl (C=O) groups is 1. The van der Waals surface area contributed by atoms with Gasteiger partial charge in [0.1, 0.15) is 12.4 Å². The summed E-state index contributed by atoms with van der Waals surface area (Å²) in [4.78, 5) is 14.5. The van der Waals surface area contributed by atoms with Gasteiger partial charge in [-0.1, -0.05) is 53.7 Å². The zero-order chi connectivity index (χ0) is 23.1. The van der Waals surface area contributed by atoms with Gasteiger partial charge in [-0.15, -0.1) is 16.8 Å².